The molecule has 1 aliphatic rings. The second-order valence-corrected chi connectivity index (χ2v) is 9.81. The first-order chi connectivity index (χ1) is 16.4. The fourth-order valence-electron chi connectivity index (χ4n) is 3.48. The van der Waals surface area contributed by atoms with Crippen LogP contribution in [0.2, 0.25) is 0 Å². The minimum Gasteiger partial charge on any atom is -0.321 e. The minimum atomic E-state index is -0.598. The van der Waals surface area contributed by atoms with Crippen LogP contribution in [-0.2, 0) is 16.0 Å². The number of rotatable bonds is 5. The van der Waals surface area contributed by atoms with Crippen LogP contribution in [0, 0.1) is 24.1 Å². The Bertz CT molecular complexity index is 1300. The molecule has 1 aliphatic heterocycles. The Morgan fingerprint density at radius 1 is 1.09 bits per heavy atom. The molecule has 8 heteroatoms. The Balaban J connectivity index is 1.71. The quantitative estimate of drug-likeness (QED) is 0.323. The summed E-state index contributed by atoms with van der Waals surface area (Å²) < 4.78 is 14.2. The number of anilines is 2. The molecule has 0 radical (unpaired) electrons. The average molecular weight is 536 g/mol. The standard InChI is InChI=1S/C26H19BrFN3O2S/c1-16-2-12-21(13-3-16)31-25(33)23(14-17-4-8-19(28)9-5-17)34-26(31)22(15-29)24(32)30-20-10-6-18(27)7-11-20/h2-13,23H,14H2,1H3,(H,30,32). The van der Waals surface area contributed by atoms with Crippen LogP contribution in [0.5, 0.6) is 0 Å². The number of carbonyl (C=O) groups is 2. The summed E-state index contributed by atoms with van der Waals surface area (Å²) in [4.78, 5) is 28.0. The molecule has 4 rings (SSSR count). The number of amides is 2. The van der Waals surface area contributed by atoms with E-state index in [1.165, 1.54) is 28.8 Å². The minimum absolute atomic E-state index is 0.150. The number of hydrogen-bond donors (Lipinski definition) is 1. The van der Waals surface area contributed by atoms with Crippen molar-refractivity contribution in [1.29, 1.82) is 5.26 Å². The lowest BCUT2D eigenvalue weighted by atomic mass is 10.1. The Kier molecular flexibility index (Phi) is 7.15. The first-order valence-corrected chi connectivity index (χ1v) is 12.1. The van der Waals surface area contributed by atoms with E-state index >= 15 is 0 Å². The number of halogens is 2. The Hall–Kier alpha value is -3.41. The van der Waals surface area contributed by atoms with Gasteiger partial charge in [0.15, 0.2) is 0 Å². The zero-order valence-electron chi connectivity index (χ0n) is 18.1. The van der Waals surface area contributed by atoms with Gasteiger partial charge in [0.2, 0.25) is 5.91 Å². The highest BCUT2D eigenvalue weighted by Crippen LogP contribution is 2.42. The number of nitrogens with zero attached hydrogens (tertiary/aromatic N) is 2. The van der Waals surface area contributed by atoms with E-state index in [9.17, 15) is 19.2 Å². The van der Waals surface area contributed by atoms with Crippen molar-refractivity contribution in [3.63, 3.8) is 0 Å². The monoisotopic (exact) mass is 535 g/mol. The van der Waals surface area contributed by atoms with Crippen molar-refractivity contribution < 1.29 is 14.0 Å². The highest BCUT2D eigenvalue weighted by molar-refractivity contribution is 9.10. The van der Waals surface area contributed by atoms with Gasteiger partial charge < -0.3 is 5.32 Å². The normalized spacial score (nSPS) is 16.8. The van der Waals surface area contributed by atoms with Crippen molar-refractivity contribution in [2.45, 2.75) is 18.6 Å². The average Bonchev–Trinajstić information content (AvgIpc) is 3.13. The van der Waals surface area contributed by atoms with Gasteiger partial charge in [-0.05, 0) is 67.4 Å². The summed E-state index contributed by atoms with van der Waals surface area (Å²) in [5, 5.41) is 12.4. The van der Waals surface area contributed by atoms with Crippen LogP contribution in [0.3, 0.4) is 0 Å². The molecular formula is C26H19BrFN3O2S. The maximum absolute atomic E-state index is 13.5. The Morgan fingerprint density at radius 3 is 2.35 bits per heavy atom. The predicted octanol–water partition coefficient (Wildman–Crippen LogP) is 5.96. The molecule has 1 unspecified atom stereocenters. The van der Waals surface area contributed by atoms with E-state index < -0.39 is 11.2 Å². The largest absolute Gasteiger partial charge is 0.321 e. The van der Waals surface area contributed by atoms with Crippen LogP contribution in [0.25, 0.3) is 0 Å². The number of benzene rings is 3. The number of nitriles is 1. The second kappa shape index (κ2) is 10.2. The molecule has 0 aromatic heterocycles. The lowest BCUT2D eigenvalue weighted by Crippen LogP contribution is -2.30. The van der Waals surface area contributed by atoms with E-state index in [4.69, 9.17) is 0 Å². The Labute approximate surface area is 209 Å². The van der Waals surface area contributed by atoms with Crippen molar-refractivity contribution in [3.8, 4) is 6.07 Å². The summed E-state index contributed by atoms with van der Waals surface area (Å²) in [5.74, 6) is -1.19. The highest BCUT2D eigenvalue weighted by atomic mass is 79.9. The lowest BCUT2D eigenvalue weighted by Gasteiger charge is -2.19. The fourth-order valence-corrected chi connectivity index (χ4v) is 5.05. The molecule has 34 heavy (non-hydrogen) atoms. The molecule has 5 nitrogen and oxygen atoms in total. The van der Waals surface area contributed by atoms with Crippen molar-refractivity contribution in [2.24, 2.45) is 0 Å². The third kappa shape index (κ3) is 5.22. The van der Waals surface area contributed by atoms with Gasteiger partial charge in [-0.25, -0.2) is 4.39 Å². The highest BCUT2D eigenvalue weighted by Gasteiger charge is 2.40. The summed E-state index contributed by atoms with van der Waals surface area (Å²) >= 11 is 4.52. The van der Waals surface area contributed by atoms with Gasteiger partial charge >= 0.3 is 0 Å². The molecule has 170 valence electrons. The molecule has 1 fully saturated rings. The number of carbonyl (C=O) groups excluding carboxylic acids is 2. The molecule has 0 spiro atoms. The van der Waals surface area contributed by atoms with Crippen LogP contribution >= 0.6 is 27.7 Å². The molecule has 3 aromatic carbocycles. The zero-order valence-corrected chi connectivity index (χ0v) is 20.5. The van der Waals surface area contributed by atoms with Gasteiger partial charge in [0.05, 0.1) is 5.25 Å². The molecule has 1 heterocycles. The number of nitrogens with one attached hydrogen (secondary N) is 1. The first-order valence-electron chi connectivity index (χ1n) is 10.4. The zero-order chi connectivity index (χ0) is 24.2. The third-order valence-corrected chi connectivity index (χ3v) is 7.03. The molecule has 1 N–H and O–H groups in total. The van der Waals surface area contributed by atoms with Crippen LogP contribution in [-0.4, -0.2) is 17.1 Å². The number of hydrogen-bond acceptors (Lipinski definition) is 4. The molecule has 2 amide bonds. The summed E-state index contributed by atoms with van der Waals surface area (Å²) in [6, 6.07) is 22.2. The van der Waals surface area contributed by atoms with E-state index in [2.05, 4.69) is 21.2 Å². The molecule has 0 saturated carbocycles. The topological polar surface area (TPSA) is 73.2 Å². The maximum Gasteiger partial charge on any atom is 0.269 e. The summed E-state index contributed by atoms with van der Waals surface area (Å²) in [7, 11) is 0. The third-order valence-electron chi connectivity index (χ3n) is 5.23. The van der Waals surface area contributed by atoms with Crippen molar-refractivity contribution in [2.75, 3.05) is 10.2 Å². The molecule has 1 atom stereocenters. The van der Waals surface area contributed by atoms with Crippen LogP contribution in [0.15, 0.2) is 87.9 Å². The molecule has 0 aliphatic carbocycles. The summed E-state index contributed by atoms with van der Waals surface area (Å²) in [5.41, 5.74) is 2.76. The first kappa shape index (κ1) is 23.7. The SMILES string of the molecule is Cc1ccc(N2C(=O)C(Cc3ccc(F)cc3)SC2=C(C#N)C(=O)Nc2ccc(Br)cc2)cc1. The lowest BCUT2D eigenvalue weighted by molar-refractivity contribution is -0.117. The molecule has 3 aromatic rings. The van der Waals surface area contributed by atoms with E-state index in [0.29, 0.717) is 17.8 Å². The van der Waals surface area contributed by atoms with Gasteiger partial charge in [-0.3, -0.25) is 14.5 Å². The number of thioether (sulfide) groups is 1. The van der Waals surface area contributed by atoms with Crippen molar-refractivity contribution >= 4 is 50.9 Å². The molecule has 1 saturated heterocycles. The van der Waals surface area contributed by atoms with E-state index in [1.54, 1.807) is 48.5 Å². The van der Waals surface area contributed by atoms with E-state index in [1.807, 2.05) is 25.1 Å². The van der Waals surface area contributed by atoms with E-state index in [0.717, 1.165) is 15.6 Å². The maximum atomic E-state index is 13.5. The van der Waals surface area contributed by atoms with Gasteiger partial charge in [-0.2, -0.15) is 5.26 Å². The molecule has 0 bridgehead atoms. The van der Waals surface area contributed by atoms with Crippen molar-refractivity contribution in [1.82, 2.24) is 0 Å². The summed E-state index contributed by atoms with van der Waals surface area (Å²) in [6.45, 7) is 1.94. The van der Waals surface area contributed by atoms with Gasteiger partial charge in [0.1, 0.15) is 22.5 Å². The van der Waals surface area contributed by atoms with Crippen LogP contribution in [0.1, 0.15) is 11.1 Å². The molecular weight excluding hydrogens is 517 g/mol. The van der Waals surface area contributed by atoms with Gasteiger partial charge in [-0.1, -0.05) is 57.5 Å². The number of aryl methyl sites for hydroxylation is 1. The fraction of sp³-hybridized carbons (Fsp3) is 0.115. The second-order valence-electron chi connectivity index (χ2n) is 7.70. The van der Waals surface area contributed by atoms with Crippen LogP contribution < -0.4 is 10.2 Å². The Morgan fingerprint density at radius 2 is 1.74 bits per heavy atom. The van der Waals surface area contributed by atoms with E-state index in [-0.39, 0.29) is 22.3 Å². The van der Waals surface area contributed by atoms with Crippen molar-refractivity contribution in [3.05, 3.63) is 105 Å². The van der Waals surface area contributed by atoms with Gasteiger partial charge in [-0.15, -0.1) is 0 Å². The summed E-state index contributed by atoms with van der Waals surface area (Å²) in [6.07, 6.45) is 0.336. The smallest absolute Gasteiger partial charge is 0.269 e. The van der Waals surface area contributed by atoms with Gasteiger partial charge in [0.25, 0.3) is 5.91 Å². The predicted molar refractivity (Wildman–Crippen MR) is 136 cm³/mol. The van der Waals surface area contributed by atoms with Crippen LogP contribution in [0.4, 0.5) is 15.8 Å². The van der Waals surface area contributed by atoms with Gasteiger partial charge in [0, 0.05) is 15.8 Å².